The van der Waals surface area contributed by atoms with E-state index in [2.05, 4.69) is 48.5 Å². The predicted octanol–water partition coefficient (Wildman–Crippen LogP) is 6.95. The van der Waals surface area contributed by atoms with Crippen LogP contribution >= 0.6 is 0 Å². The highest BCUT2D eigenvalue weighted by Crippen LogP contribution is 2.32. The SMILES string of the molecule is CCO[Si](CCCCc1ccc(C2=NC(c3ccccc3)=C(c3ccccc3)[N]2)cc1)(OCC)OCC. The molecule has 0 N–H and O–H groups in total. The number of amidine groups is 1. The van der Waals surface area contributed by atoms with Gasteiger partial charge in [0.15, 0.2) is 5.84 Å². The quantitative estimate of drug-likeness (QED) is 0.173. The molecular weight excluding hydrogens is 476 g/mol. The molecule has 0 saturated carbocycles. The van der Waals surface area contributed by atoms with Gasteiger partial charge in [0.25, 0.3) is 0 Å². The van der Waals surface area contributed by atoms with Crippen molar-refractivity contribution in [2.24, 2.45) is 4.99 Å². The number of hydrogen-bond donors (Lipinski definition) is 0. The molecule has 1 radical (unpaired) electrons. The van der Waals surface area contributed by atoms with E-state index in [9.17, 15) is 0 Å². The number of hydrogen-bond acceptors (Lipinski definition) is 4. The lowest BCUT2D eigenvalue weighted by Crippen LogP contribution is -2.45. The van der Waals surface area contributed by atoms with Gasteiger partial charge in [-0.25, -0.2) is 10.3 Å². The number of aryl methyl sites for hydroxylation is 1. The maximum atomic E-state index is 5.98. The van der Waals surface area contributed by atoms with Crippen molar-refractivity contribution < 1.29 is 13.3 Å². The Labute approximate surface area is 222 Å². The third-order valence-electron chi connectivity index (χ3n) is 6.26. The van der Waals surface area contributed by atoms with Crippen LogP contribution in [0.15, 0.2) is 89.9 Å². The molecule has 1 aliphatic rings. The minimum atomic E-state index is -2.56. The van der Waals surface area contributed by atoms with Crippen molar-refractivity contribution in [3.63, 3.8) is 0 Å². The van der Waals surface area contributed by atoms with Crippen LogP contribution in [-0.4, -0.2) is 34.5 Å². The van der Waals surface area contributed by atoms with Gasteiger partial charge in [0.2, 0.25) is 0 Å². The van der Waals surface area contributed by atoms with E-state index < -0.39 is 8.80 Å². The lowest BCUT2D eigenvalue weighted by molar-refractivity contribution is 0.0707. The van der Waals surface area contributed by atoms with Crippen molar-refractivity contribution in [1.29, 1.82) is 0 Å². The second-order valence-corrected chi connectivity index (χ2v) is 11.6. The van der Waals surface area contributed by atoms with Gasteiger partial charge in [0, 0.05) is 42.6 Å². The van der Waals surface area contributed by atoms with Gasteiger partial charge in [-0.3, -0.25) is 0 Å². The highest BCUT2D eigenvalue weighted by molar-refractivity contribution is 6.60. The van der Waals surface area contributed by atoms with Crippen LogP contribution in [0.5, 0.6) is 0 Å². The molecule has 0 saturated heterocycles. The monoisotopic (exact) mass is 513 g/mol. The standard InChI is InChI=1S/C31H37N2O3Si/c1-4-34-37(35-5-2,36-6-3)24-14-13-15-25-20-22-28(23-21-25)31-32-29(26-16-9-7-10-17-26)30(33-31)27-18-11-8-12-19-27/h7-12,16-23H,4-6,13-15,24H2,1-3H3. The van der Waals surface area contributed by atoms with Crippen LogP contribution in [-0.2, 0) is 19.7 Å². The molecule has 0 aromatic heterocycles. The van der Waals surface area contributed by atoms with E-state index >= 15 is 0 Å². The lowest BCUT2D eigenvalue weighted by Gasteiger charge is -2.28. The van der Waals surface area contributed by atoms with Crippen molar-refractivity contribution >= 4 is 26.0 Å². The average molecular weight is 514 g/mol. The Hall–Kier alpha value is -3.03. The molecule has 3 aromatic rings. The van der Waals surface area contributed by atoms with Crippen LogP contribution in [0.3, 0.4) is 0 Å². The Kier molecular flexibility index (Phi) is 9.85. The summed E-state index contributed by atoms with van der Waals surface area (Å²) < 4.78 is 18.0. The summed E-state index contributed by atoms with van der Waals surface area (Å²) in [6.45, 7) is 7.87. The van der Waals surface area contributed by atoms with Crippen molar-refractivity contribution in [3.8, 4) is 0 Å². The number of benzene rings is 3. The van der Waals surface area contributed by atoms with E-state index in [0.717, 1.165) is 59.2 Å². The van der Waals surface area contributed by atoms with Crippen molar-refractivity contribution in [3.05, 3.63) is 107 Å². The fourth-order valence-corrected chi connectivity index (χ4v) is 7.24. The van der Waals surface area contributed by atoms with Gasteiger partial charge >= 0.3 is 8.80 Å². The summed E-state index contributed by atoms with van der Waals surface area (Å²) in [6.07, 6.45) is 3.08. The van der Waals surface area contributed by atoms with Crippen molar-refractivity contribution in [2.45, 2.75) is 46.1 Å². The molecule has 37 heavy (non-hydrogen) atoms. The Morgan fingerprint density at radius 2 is 1.14 bits per heavy atom. The molecule has 1 heterocycles. The van der Waals surface area contributed by atoms with Gasteiger partial charge in [-0.05, 0) is 45.6 Å². The Balaban J connectivity index is 1.40. The minimum absolute atomic E-state index is 0.620. The highest BCUT2D eigenvalue weighted by atomic mass is 28.4. The first-order valence-corrected chi connectivity index (χ1v) is 15.3. The molecule has 3 aromatic carbocycles. The van der Waals surface area contributed by atoms with E-state index in [0.29, 0.717) is 19.8 Å². The third kappa shape index (κ3) is 7.05. The van der Waals surface area contributed by atoms with E-state index in [-0.39, 0.29) is 0 Å². The molecule has 6 heteroatoms. The van der Waals surface area contributed by atoms with Crippen LogP contribution in [0.25, 0.3) is 11.4 Å². The summed E-state index contributed by atoms with van der Waals surface area (Å²) in [5, 5.41) is 4.96. The van der Waals surface area contributed by atoms with Crippen LogP contribution in [0.1, 0.15) is 55.9 Å². The molecule has 0 spiro atoms. The molecule has 0 atom stereocenters. The molecule has 0 bridgehead atoms. The summed E-state index contributed by atoms with van der Waals surface area (Å²) in [6, 6.07) is 30.0. The summed E-state index contributed by atoms with van der Waals surface area (Å²) in [4.78, 5) is 4.96. The largest absolute Gasteiger partial charge is 0.500 e. The number of rotatable bonds is 14. The summed E-state index contributed by atoms with van der Waals surface area (Å²) >= 11 is 0. The van der Waals surface area contributed by atoms with E-state index in [4.69, 9.17) is 23.6 Å². The third-order valence-corrected chi connectivity index (χ3v) is 9.41. The van der Waals surface area contributed by atoms with Gasteiger partial charge < -0.3 is 13.3 Å². The smallest absolute Gasteiger partial charge is 0.374 e. The second-order valence-electron chi connectivity index (χ2n) is 8.86. The predicted molar refractivity (Wildman–Crippen MR) is 153 cm³/mol. The Morgan fingerprint density at radius 1 is 0.595 bits per heavy atom. The van der Waals surface area contributed by atoms with Gasteiger partial charge in [0.05, 0.1) is 11.4 Å². The molecule has 0 unspecified atom stereocenters. The summed E-state index contributed by atoms with van der Waals surface area (Å²) in [5.74, 6) is 0.755. The molecule has 0 fully saturated rings. The van der Waals surface area contributed by atoms with Gasteiger partial charge in [-0.1, -0.05) is 84.9 Å². The average Bonchev–Trinajstić information content (AvgIpc) is 3.39. The fraction of sp³-hybridized carbons (Fsp3) is 0.323. The molecule has 193 valence electrons. The molecule has 5 nitrogen and oxygen atoms in total. The summed E-state index contributed by atoms with van der Waals surface area (Å²) in [7, 11) is -2.56. The topological polar surface area (TPSA) is 54.2 Å². The fourth-order valence-electron chi connectivity index (χ4n) is 4.56. The molecule has 1 aliphatic heterocycles. The molecule has 0 amide bonds. The first-order chi connectivity index (χ1) is 18.2. The number of unbranched alkanes of at least 4 members (excludes halogenated alkanes) is 1. The maximum Gasteiger partial charge on any atom is 0.500 e. The van der Waals surface area contributed by atoms with E-state index in [1.54, 1.807) is 0 Å². The lowest BCUT2D eigenvalue weighted by atomic mass is 10.1. The first-order valence-electron chi connectivity index (χ1n) is 13.3. The van der Waals surface area contributed by atoms with E-state index in [1.807, 2.05) is 57.2 Å². The zero-order valence-corrected chi connectivity index (χ0v) is 23.2. The molecule has 4 rings (SSSR count). The normalized spacial score (nSPS) is 13.5. The maximum absolute atomic E-state index is 5.98. The van der Waals surface area contributed by atoms with Crippen LogP contribution < -0.4 is 5.32 Å². The van der Waals surface area contributed by atoms with Gasteiger partial charge in [-0.15, -0.1) is 0 Å². The van der Waals surface area contributed by atoms with Crippen LogP contribution in [0.4, 0.5) is 0 Å². The van der Waals surface area contributed by atoms with Gasteiger partial charge in [0.1, 0.15) is 0 Å². The first kappa shape index (κ1) is 27.0. The Bertz CT molecular complexity index is 1160. The summed E-state index contributed by atoms with van der Waals surface area (Å²) in [5.41, 5.74) is 6.30. The number of nitrogens with zero attached hydrogens (tertiary/aromatic N) is 2. The molecule has 0 aliphatic carbocycles. The van der Waals surface area contributed by atoms with Gasteiger partial charge in [-0.2, -0.15) is 0 Å². The zero-order chi connectivity index (χ0) is 25.9. The van der Waals surface area contributed by atoms with Crippen LogP contribution in [0, 0.1) is 0 Å². The van der Waals surface area contributed by atoms with E-state index in [1.165, 1.54) is 5.56 Å². The van der Waals surface area contributed by atoms with Crippen molar-refractivity contribution in [1.82, 2.24) is 5.32 Å². The highest BCUT2D eigenvalue weighted by Gasteiger charge is 2.39. The number of aliphatic imine (C=N–C) groups is 1. The molecular formula is C31H37N2O3Si. The van der Waals surface area contributed by atoms with Crippen molar-refractivity contribution in [2.75, 3.05) is 19.8 Å². The minimum Gasteiger partial charge on any atom is -0.374 e. The zero-order valence-electron chi connectivity index (χ0n) is 22.2. The Morgan fingerprint density at radius 3 is 1.68 bits per heavy atom. The van der Waals surface area contributed by atoms with Crippen LogP contribution in [0.2, 0.25) is 6.04 Å². The second kappa shape index (κ2) is 13.5.